The number of benzene rings is 1. The predicted molar refractivity (Wildman–Crippen MR) is 218 cm³/mol. The molecule has 1 aromatic carbocycles. The van der Waals surface area contributed by atoms with Crippen molar-refractivity contribution in [2.24, 2.45) is 0 Å². The SMILES string of the molecule is CCCCCCCCN1C(=O)C(c2ccc(-c3cccs3)s2)=c2cc3c(cc21)=C(c1ccc(-c2cccs2)s1)C(O)N3CCCCCCCC. The lowest BCUT2D eigenvalue weighted by molar-refractivity contribution is -0.113. The summed E-state index contributed by atoms with van der Waals surface area (Å²) in [6.07, 6.45) is 13.6. The molecule has 7 rings (SSSR count). The average molecular weight is 741 g/mol. The Balaban J connectivity index is 1.31. The molecule has 1 N–H and O–H groups in total. The maximum absolute atomic E-state index is 14.5. The molecule has 6 heterocycles. The van der Waals surface area contributed by atoms with E-state index in [2.05, 4.69) is 90.2 Å². The fourth-order valence-corrected chi connectivity index (χ4v) is 11.2. The molecule has 5 aromatic rings. The minimum atomic E-state index is -0.726. The van der Waals surface area contributed by atoms with Gasteiger partial charge in [0.05, 0.1) is 11.3 Å². The van der Waals surface area contributed by atoms with Crippen LogP contribution in [-0.4, -0.2) is 30.3 Å². The molecule has 50 heavy (non-hydrogen) atoms. The minimum absolute atomic E-state index is 0.109. The van der Waals surface area contributed by atoms with Crippen molar-refractivity contribution < 1.29 is 9.90 Å². The van der Waals surface area contributed by atoms with E-state index in [0.29, 0.717) is 6.54 Å². The van der Waals surface area contributed by atoms with Crippen LogP contribution in [0.1, 0.15) is 101 Å². The van der Waals surface area contributed by atoms with E-state index in [0.717, 1.165) is 74.9 Å². The lowest BCUT2D eigenvalue weighted by Crippen LogP contribution is -2.34. The van der Waals surface area contributed by atoms with Crippen LogP contribution < -0.4 is 20.2 Å². The van der Waals surface area contributed by atoms with E-state index in [1.54, 1.807) is 45.3 Å². The number of thiophene rings is 4. The number of carbonyl (C=O) groups excluding carboxylic acids is 1. The zero-order valence-electron chi connectivity index (χ0n) is 29.3. The molecule has 0 aliphatic carbocycles. The van der Waals surface area contributed by atoms with Gasteiger partial charge in [-0.3, -0.25) is 4.79 Å². The number of rotatable bonds is 18. The number of aliphatic hydroxyl groups excluding tert-OH is 1. The fraction of sp³-hybridized carbons (Fsp3) is 0.405. The van der Waals surface area contributed by atoms with Gasteiger partial charge in [0.2, 0.25) is 0 Å². The smallest absolute Gasteiger partial charge is 0.260 e. The molecule has 0 spiro atoms. The Bertz CT molecular complexity index is 2000. The Labute approximate surface area is 313 Å². The van der Waals surface area contributed by atoms with Gasteiger partial charge in [-0.1, -0.05) is 90.2 Å². The van der Waals surface area contributed by atoms with Gasteiger partial charge in [0, 0.05) is 64.1 Å². The first-order valence-electron chi connectivity index (χ1n) is 18.6. The van der Waals surface area contributed by atoms with Crippen molar-refractivity contribution in [1.82, 2.24) is 0 Å². The number of carbonyl (C=O) groups is 1. The van der Waals surface area contributed by atoms with Gasteiger partial charge in [0.15, 0.2) is 6.23 Å². The van der Waals surface area contributed by atoms with Crippen molar-refractivity contribution in [2.45, 2.75) is 97.1 Å². The van der Waals surface area contributed by atoms with Gasteiger partial charge >= 0.3 is 0 Å². The van der Waals surface area contributed by atoms with Crippen LogP contribution in [0.15, 0.2) is 71.4 Å². The summed E-state index contributed by atoms with van der Waals surface area (Å²) < 4.78 is 0. The lowest BCUT2D eigenvalue weighted by Gasteiger charge is -2.26. The Morgan fingerprint density at radius 2 is 1.14 bits per heavy atom. The molecule has 262 valence electrons. The second kappa shape index (κ2) is 16.6. The van der Waals surface area contributed by atoms with Gasteiger partial charge in [-0.05, 0) is 72.1 Å². The third-order valence-electron chi connectivity index (χ3n) is 10.0. The van der Waals surface area contributed by atoms with Crippen molar-refractivity contribution in [1.29, 1.82) is 0 Å². The highest BCUT2D eigenvalue weighted by Crippen LogP contribution is 2.40. The van der Waals surface area contributed by atoms with E-state index in [4.69, 9.17) is 0 Å². The predicted octanol–water partition coefficient (Wildman–Crippen LogP) is 10.9. The zero-order chi connectivity index (χ0) is 34.5. The molecule has 4 nitrogen and oxygen atoms in total. The summed E-state index contributed by atoms with van der Waals surface area (Å²) in [6, 6.07) is 21.7. The quantitative estimate of drug-likeness (QED) is 0.0910. The van der Waals surface area contributed by atoms with E-state index in [1.165, 1.54) is 70.9 Å². The van der Waals surface area contributed by atoms with Crippen LogP contribution in [0.3, 0.4) is 0 Å². The molecular formula is C42H48N2O2S4. The van der Waals surface area contributed by atoms with Crippen LogP contribution >= 0.6 is 45.3 Å². The Morgan fingerprint density at radius 1 is 0.600 bits per heavy atom. The number of hydrogen-bond donors (Lipinski definition) is 1. The lowest BCUT2D eigenvalue weighted by atomic mass is 10.1. The number of hydrogen-bond acceptors (Lipinski definition) is 7. The van der Waals surface area contributed by atoms with Gasteiger partial charge < -0.3 is 14.9 Å². The van der Waals surface area contributed by atoms with Gasteiger partial charge in [0.1, 0.15) is 0 Å². The van der Waals surface area contributed by atoms with E-state index >= 15 is 0 Å². The standard InChI is InChI=1S/C42H48N2O2S4/c1-3-5-7-9-11-13-23-43-31-27-30-32(28-29(31)39(41(43)45)37-21-19-35(49-37)33-17-15-25-47-33)44(24-14-12-10-8-6-4-2)42(46)40(30)38-22-20-36(50-38)34-18-16-26-48-34/h15-22,25-28,41,45H,3-14,23-24H2,1-2H3. The van der Waals surface area contributed by atoms with Crippen molar-refractivity contribution in [3.63, 3.8) is 0 Å². The molecule has 1 atom stereocenters. The van der Waals surface area contributed by atoms with Crippen molar-refractivity contribution >= 4 is 73.8 Å². The number of fused-ring (bicyclic) bond motifs is 2. The molecule has 4 aromatic heterocycles. The molecule has 0 fully saturated rings. The Hall–Kier alpha value is -3.01. The maximum Gasteiger partial charge on any atom is 0.260 e. The first-order chi connectivity index (χ1) is 24.6. The summed E-state index contributed by atoms with van der Waals surface area (Å²) in [5, 5.41) is 18.4. The number of nitrogens with zero attached hydrogens (tertiary/aromatic N) is 2. The molecule has 0 saturated heterocycles. The van der Waals surface area contributed by atoms with Crippen molar-refractivity contribution in [2.75, 3.05) is 22.9 Å². The topological polar surface area (TPSA) is 43.8 Å². The van der Waals surface area contributed by atoms with Gasteiger partial charge in [-0.2, -0.15) is 0 Å². The fourth-order valence-electron chi connectivity index (χ4n) is 7.37. The molecule has 0 bridgehead atoms. The maximum atomic E-state index is 14.5. The third-order valence-corrected chi connectivity index (χ3v) is 14.4. The van der Waals surface area contributed by atoms with Gasteiger partial charge in [-0.25, -0.2) is 0 Å². The molecule has 2 aliphatic rings. The zero-order valence-corrected chi connectivity index (χ0v) is 32.6. The summed E-state index contributed by atoms with van der Waals surface area (Å²) >= 11 is 6.95. The molecule has 8 heteroatoms. The van der Waals surface area contributed by atoms with Crippen LogP contribution in [-0.2, 0) is 4.79 Å². The summed E-state index contributed by atoms with van der Waals surface area (Å²) in [5.41, 5.74) is 3.82. The normalized spacial score (nSPS) is 15.5. The summed E-state index contributed by atoms with van der Waals surface area (Å²) in [7, 11) is 0. The average Bonchev–Trinajstić information content (AvgIpc) is 3.97. The number of amides is 1. The molecule has 2 aliphatic heterocycles. The van der Waals surface area contributed by atoms with Crippen molar-refractivity contribution in [3.05, 3.63) is 91.6 Å². The van der Waals surface area contributed by atoms with E-state index in [-0.39, 0.29) is 5.91 Å². The van der Waals surface area contributed by atoms with E-state index in [9.17, 15) is 9.90 Å². The van der Waals surface area contributed by atoms with Crippen LogP contribution in [0.2, 0.25) is 0 Å². The van der Waals surface area contributed by atoms with Crippen LogP contribution in [0, 0.1) is 0 Å². The Morgan fingerprint density at radius 3 is 1.76 bits per heavy atom. The molecule has 0 saturated carbocycles. The number of unbranched alkanes of at least 4 members (excludes halogenated alkanes) is 10. The highest BCUT2D eigenvalue weighted by atomic mass is 32.1. The second-order valence-corrected chi connectivity index (χ2v) is 17.6. The number of anilines is 2. The minimum Gasteiger partial charge on any atom is -0.369 e. The third kappa shape index (κ3) is 7.33. The van der Waals surface area contributed by atoms with Gasteiger partial charge in [0.25, 0.3) is 5.91 Å². The van der Waals surface area contributed by atoms with Crippen LogP contribution in [0.4, 0.5) is 11.4 Å². The summed E-state index contributed by atoms with van der Waals surface area (Å²) in [6.45, 7) is 6.01. The van der Waals surface area contributed by atoms with E-state index < -0.39 is 6.23 Å². The van der Waals surface area contributed by atoms with Gasteiger partial charge in [-0.15, -0.1) is 45.3 Å². The largest absolute Gasteiger partial charge is 0.369 e. The summed E-state index contributed by atoms with van der Waals surface area (Å²) in [4.78, 5) is 25.8. The van der Waals surface area contributed by atoms with Crippen molar-refractivity contribution in [3.8, 4) is 19.5 Å². The highest BCUT2D eigenvalue weighted by Gasteiger charge is 2.36. The summed E-state index contributed by atoms with van der Waals surface area (Å²) in [5.74, 6) is 0.109. The Kier molecular flexibility index (Phi) is 11.7. The second-order valence-electron chi connectivity index (χ2n) is 13.5. The first-order valence-corrected chi connectivity index (χ1v) is 22.0. The monoisotopic (exact) mass is 740 g/mol. The molecule has 1 unspecified atom stereocenters. The number of aliphatic hydroxyl groups is 1. The van der Waals surface area contributed by atoms with E-state index in [1.807, 2.05) is 4.90 Å². The molecular weight excluding hydrogens is 693 g/mol. The first kappa shape index (κ1) is 35.4. The van der Waals surface area contributed by atoms with Crippen LogP contribution in [0.5, 0.6) is 0 Å². The highest BCUT2D eigenvalue weighted by molar-refractivity contribution is 7.22. The molecule has 1 amide bonds. The molecule has 0 radical (unpaired) electrons. The van der Waals surface area contributed by atoms with Crippen LogP contribution in [0.25, 0.3) is 30.7 Å².